The van der Waals surface area contributed by atoms with E-state index in [2.05, 4.69) is 5.92 Å². The van der Waals surface area contributed by atoms with Crippen LogP contribution >= 0.6 is 11.3 Å². The topological polar surface area (TPSA) is 9.23 Å². The van der Waals surface area contributed by atoms with Gasteiger partial charge in [0.15, 0.2) is 5.06 Å². The summed E-state index contributed by atoms with van der Waals surface area (Å²) >= 11 is 1.53. The van der Waals surface area contributed by atoms with Crippen LogP contribution in [0, 0.1) is 12.3 Å². The van der Waals surface area contributed by atoms with Crippen LogP contribution in [0.2, 0.25) is 0 Å². The van der Waals surface area contributed by atoms with Gasteiger partial charge in [-0.25, -0.2) is 0 Å². The molecular formula is C8H8OS. The second-order valence-electron chi connectivity index (χ2n) is 1.73. The second kappa shape index (κ2) is 3.28. The Morgan fingerprint density at radius 2 is 2.60 bits per heavy atom. The lowest BCUT2D eigenvalue weighted by Gasteiger charge is -1.93. The van der Waals surface area contributed by atoms with Crippen molar-refractivity contribution in [2.45, 2.75) is 6.92 Å². The summed E-state index contributed by atoms with van der Waals surface area (Å²) in [5.41, 5.74) is 0.897. The Bertz CT molecular complexity index is 244. The molecule has 0 saturated carbocycles. The molecule has 52 valence electrons. The zero-order valence-electron chi connectivity index (χ0n) is 5.76. The van der Waals surface area contributed by atoms with E-state index in [4.69, 9.17) is 11.2 Å². The van der Waals surface area contributed by atoms with Crippen molar-refractivity contribution < 1.29 is 4.74 Å². The summed E-state index contributed by atoms with van der Waals surface area (Å²) in [6, 6.07) is 1.87. The summed E-state index contributed by atoms with van der Waals surface area (Å²) in [7, 11) is 0. The second-order valence-corrected chi connectivity index (χ2v) is 2.61. The molecule has 0 aliphatic heterocycles. The predicted octanol–water partition coefficient (Wildman–Crippen LogP) is 2.13. The molecule has 1 heterocycles. The van der Waals surface area contributed by atoms with Crippen LogP contribution in [0.25, 0.3) is 0 Å². The van der Waals surface area contributed by atoms with Crippen LogP contribution in [0.1, 0.15) is 12.5 Å². The Kier molecular flexibility index (Phi) is 2.35. The molecule has 0 atom stereocenters. The van der Waals surface area contributed by atoms with E-state index >= 15 is 0 Å². The van der Waals surface area contributed by atoms with Gasteiger partial charge in [-0.15, -0.1) is 17.8 Å². The molecule has 0 bridgehead atoms. The van der Waals surface area contributed by atoms with Crippen molar-refractivity contribution >= 4 is 11.3 Å². The Morgan fingerprint density at radius 1 is 1.80 bits per heavy atom. The molecule has 0 aliphatic carbocycles. The van der Waals surface area contributed by atoms with Gasteiger partial charge in [0.1, 0.15) is 0 Å². The zero-order valence-corrected chi connectivity index (χ0v) is 6.57. The summed E-state index contributed by atoms with van der Waals surface area (Å²) in [5, 5.41) is 2.81. The fourth-order valence-electron chi connectivity index (χ4n) is 0.610. The maximum atomic E-state index is 5.21. The molecule has 0 spiro atoms. The van der Waals surface area contributed by atoms with Crippen molar-refractivity contribution in [2.24, 2.45) is 0 Å². The lowest BCUT2D eigenvalue weighted by atomic mass is 10.4. The van der Waals surface area contributed by atoms with Gasteiger partial charge in [0.05, 0.1) is 6.61 Å². The number of ether oxygens (including phenoxy) is 1. The Balaban J connectivity index is 2.71. The van der Waals surface area contributed by atoms with Crippen LogP contribution in [-0.2, 0) is 0 Å². The molecule has 0 aliphatic rings. The Labute approximate surface area is 64.6 Å². The highest BCUT2D eigenvalue weighted by molar-refractivity contribution is 7.12. The fraction of sp³-hybridized carbons (Fsp3) is 0.250. The van der Waals surface area contributed by atoms with E-state index in [-0.39, 0.29) is 0 Å². The third-order valence-electron chi connectivity index (χ3n) is 1.03. The van der Waals surface area contributed by atoms with Crippen LogP contribution < -0.4 is 4.74 Å². The normalized spacial score (nSPS) is 8.80. The maximum absolute atomic E-state index is 5.21. The smallest absolute Gasteiger partial charge is 0.174 e. The summed E-state index contributed by atoms with van der Waals surface area (Å²) in [6.45, 7) is 2.65. The van der Waals surface area contributed by atoms with E-state index in [1.54, 1.807) is 0 Å². The number of hydrogen-bond acceptors (Lipinski definition) is 2. The van der Waals surface area contributed by atoms with Crippen molar-refractivity contribution in [3.05, 3.63) is 17.0 Å². The van der Waals surface area contributed by atoms with Crippen molar-refractivity contribution in [1.82, 2.24) is 0 Å². The van der Waals surface area contributed by atoms with Crippen molar-refractivity contribution in [3.8, 4) is 17.4 Å². The van der Waals surface area contributed by atoms with E-state index in [1.807, 2.05) is 18.4 Å². The highest BCUT2D eigenvalue weighted by Crippen LogP contribution is 2.21. The number of terminal acetylenes is 1. The number of hydrogen-bond donors (Lipinski definition) is 0. The first-order valence-electron chi connectivity index (χ1n) is 3.04. The number of thiophene rings is 1. The molecule has 1 rings (SSSR count). The van der Waals surface area contributed by atoms with Gasteiger partial charge in [0.25, 0.3) is 0 Å². The van der Waals surface area contributed by atoms with Gasteiger partial charge in [0.2, 0.25) is 0 Å². The van der Waals surface area contributed by atoms with Crippen LogP contribution in [-0.4, -0.2) is 6.61 Å². The molecule has 0 unspecified atom stereocenters. The summed E-state index contributed by atoms with van der Waals surface area (Å²) in [4.78, 5) is 0. The summed E-state index contributed by atoms with van der Waals surface area (Å²) < 4.78 is 5.21. The molecule has 0 aromatic carbocycles. The first kappa shape index (κ1) is 7.17. The Morgan fingerprint density at radius 3 is 3.10 bits per heavy atom. The molecule has 0 N–H and O–H groups in total. The van der Waals surface area contributed by atoms with Crippen molar-refractivity contribution in [2.75, 3.05) is 6.61 Å². The lowest BCUT2D eigenvalue weighted by Crippen LogP contribution is -1.86. The minimum absolute atomic E-state index is 0.699. The molecule has 0 fully saturated rings. The zero-order chi connectivity index (χ0) is 7.40. The highest BCUT2D eigenvalue weighted by atomic mass is 32.1. The molecule has 0 radical (unpaired) electrons. The minimum atomic E-state index is 0.699. The van der Waals surface area contributed by atoms with E-state index in [0.717, 1.165) is 10.6 Å². The van der Waals surface area contributed by atoms with Crippen LogP contribution in [0.5, 0.6) is 5.06 Å². The molecule has 1 aromatic rings. The van der Waals surface area contributed by atoms with Crippen LogP contribution in [0.15, 0.2) is 11.4 Å². The molecule has 10 heavy (non-hydrogen) atoms. The van der Waals surface area contributed by atoms with Gasteiger partial charge in [-0.2, -0.15) is 0 Å². The van der Waals surface area contributed by atoms with E-state index in [9.17, 15) is 0 Å². The van der Waals surface area contributed by atoms with Gasteiger partial charge < -0.3 is 4.74 Å². The molecule has 1 nitrogen and oxygen atoms in total. The average Bonchev–Trinajstić information content (AvgIpc) is 2.37. The molecule has 1 aromatic heterocycles. The van der Waals surface area contributed by atoms with Gasteiger partial charge in [0, 0.05) is 17.0 Å². The molecular weight excluding hydrogens is 144 g/mol. The monoisotopic (exact) mass is 152 g/mol. The maximum Gasteiger partial charge on any atom is 0.174 e. The van der Waals surface area contributed by atoms with E-state index in [0.29, 0.717) is 6.61 Å². The van der Waals surface area contributed by atoms with Gasteiger partial charge in [-0.3, -0.25) is 0 Å². The first-order valence-corrected chi connectivity index (χ1v) is 3.92. The third kappa shape index (κ3) is 1.52. The summed E-state index contributed by atoms with van der Waals surface area (Å²) in [5.74, 6) is 2.54. The standard InChI is InChI=1S/C8H8OS/c1-3-7-5-8(9-4-2)10-6-7/h1,5-6H,4H2,2H3. The largest absolute Gasteiger partial charge is 0.484 e. The fourth-order valence-corrected chi connectivity index (χ4v) is 1.37. The van der Waals surface area contributed by atoms with Gasteiger partial charge in [-0.05, 0) is 6.92 Å². The Hall–Kier alpha value is -0.940. The van der Waals surface area contributed by atoms with E-state index in [1.165, 1.54) is 11.3 Å². The molecule has 0 amide bonds. The minimum Gasteiger partial charge on any atom is -0.484 e. The summed E-state index contributed by atoms with van der Waals surface area (Å²) in [6.07, 6.45) is 5.16. The van der Waals surface area contributed by atoms with E-state index < -0.39 is 0 Å². The molecule has 2 heteroatoms. The van der Waals surface area contributed by atoms with Crippen molar-refractivity contribution in [1.29, 1.82) is 0 Å². The van der Waals surface area contributed by atoms with Crippen LogP contribution in [0.4, 0.5) is 0 Å². The highest BCUT2D eigenvalue weighted by Gasteiger charge is 1.95. The van der Waals surface area contributed by atoms with Gasteiger partial charge >= 0.3 is 0 Å². The third-order valence-corrected chi connectivity index (χ3v) is 1.87. The molecule has 0 saturated heterocycles. The number of rotatable bonds is 2. The van der Waals surface area contributed by atoms with Crippen LogP contribution in [0.3, 0.4) is 0 Å². The quantitative estimate of drug-likeness (QED) is 0.590. The lowest BCUT2D eigenvalue weighted by molar-refractivity contribution is 0.350. The average molecular weight is 152 g/mol. The predicted molar refractivity (Wildman–Crippen MR) is 43.4 cm³/mol. The van der Waals surface area contributed by atoms with Crippen molar-refractivity contribution in [3.63, 3.8) is 0 Å². The van der Waals surface area contributed by atoms with Gasteiger partial charge in [-0.1, -0.05) is 5.92 Å². The SMILES string of the molecule is C#Cc1csc(OCC)c1. The first-order chi connectivity index (χ1) is 4.86.